The Hall–Kier alpha value is -2.81. The summed E-state index contributed by atoms with van der Waals surface area (Å²) in [6, 6.07) is 11.6. The fourth-order valence-corrected chi connectivity index (χ4v) is 1.69. The van der Waals surface area contributed by atoms with Crippen LogP contribution in [0.4, 0.5) is 0 Å². The number of amides is 2. The number of nitrogens with one attached hydrogen (secondary N) is 3. The quantitative estimate of drug-likeness (QED) is 0.370. The van der Waals surface area contributed by atoms with Crippen molar-refractivity contribution in [1.82, 2.24) is 16.0 Å². The number of carbonyl (C=O) groups is 2. The molecule has 0 bridgehead atoms. The van der Waals surface area contributed by atoms with Crippen LogP contribution in [0, 0.1) is 11.3 Å². The van der Waals surface area contributed by atoms with Gasteiger partial charge in [0.25, 0.3) is 5.91 Å². The number of benzene rings is 1. The van der Waals surface area contributed by atoms with Crippen molar-refractivity contribution >= 4 is 11.8 Å². The third-order valence-corrected chi connectivity index (χ3v) is 2.80. The van der Waals surface area contributed by atoms with Crippen LogP contribution in [0.5, 0.6) is 0 Å². The molecule has 6 heteroatoms. The maximum absolute atomic E-state index is 11.8. The Morgan fingerprint density at radius 2 is 1.86 bits per heavy atom. The highest BCUT2D eigenvalue weighted by atomic mass is 16.2. The van der Waals surface area contributed by atoms with E-state index in [0.717, 1.165) is 5.56 Å². The van der Waals surface area contributed by atoms with E-state index in [1.807, 2.05) is 36.4 Å². The van der Waals surface area contributed by atoms with Gasteiger partial charge >= 0.3 is 0 Å². The highest BCUT2D eigenvalue weighted by Gasteiger charge is 2.07. The van der Waals surface area contributed by atoms with Crippen LogP contribution in [0.3, 0.4) is 0 Å². The third kappa shape index (κ3) is 7.10. The summed E-state index contributed by atoms with van der Waals surface area (Å²) in [7, 11) is 0. The third-order valence-electron chi connectivity index (χ3n) is 2.80. The standard InChI is InChI=1S/C16H20N4O2/c1-13(21)19-10-9-18-12-15(11-17)16(22)20-8-7-14-5-3-2-4-6-14/h2-6,12,18H,7-10H2,1H3,(H,19,21)(H,20,22)/b15-12-. The Morgan fingerprint density at radius 1 is 1.14 bits per heavy atom. The van der Waals surface area contributed by atoms with Crippen LogP contribution in [-0.4, -0.2) is 31.4 Å². The van der Waals surface area contributed by atoms with Gasteiger partial charge in [-0.3, -0.25) is 9.59 Å². The molecule has 0 aliphatic heterocycles. The molecule has 22 heavy (non-hydrogen) atoms. The molecular formula is C16H20N4O2. The lowest BCUT2D eigenvalue weighted by Gasteiger charge is -2.05. The van der Waals surface area contributed by atoms with E-state index in [0.29, 0.717) is 26.1 Å². The predicted molar refractivity (Wildman–Crippen MR) is 83.5 cm³/mol. The van der Waals surface area contributed by atoms with Gasteiger partial charge in [-0.25, -0.2) is 0 Å². The fraction of sp³-hybridized carbons (Fsp3) is 0.312. The van der Waals surface area contributed by atoms with E-state index in [9.17, 15) is 9.59 Å². The van der Waals surface area contributed by atoms with Crippen molar-refractivity contribution in [3.05, 3.63) is 47.7 Å². The molecule has 0 spiro atoms. The van der Waals surface area contributed by atoms with Crippen LogP contribution >= 0.6 is 0 Å². The molecule has 0 saturated heterocycles. The summed E-state index contributed by atoms with van der Waals surface area (Å²) in [5, 5.41) is 17.1. The molecule has 0 atom stereocenters. The Labute approximate surface area is 130 Å². The molecule has 3 N–H and O–H groups in total. The molecule has 0 fully saturated rings. The molecule has 1 aromatic rings. The number of hydrogen-bond donors (Lipinski definition) is 3. The van der Waals surface area contributed by atoms with Crippen LogP contribution in [-0.2, 0) is 16.0 Å². The van der Waals surface area contributed by atoms with E-state index in [1.54, 1.807) is 0 Å². The number of hydrogen-bond acceptors (Lipinski definition) is 4. The minimum atomic E-state index is -0.412. The number of nitriles is 1. The van der Waals surface area contributed by atoms with Gasteiger partial charge in [-0.1, -0.05) is 30.3 Å². The van der Waals surface area contributed by atoms with E-state index >= 15 is 0 Å². The highest BCUT2D eigenvalue weighted by Crippen LogP contribution is 1.98. The lowest BCUT2D eigenvalue weighted by Crippen LogP contribution is -2.30. The van der Waals surface area contributed by atoms with Crippen molar-refractivity contribution < 1.29 is 9.59 Å². The second-order valence-corrected chi connectivity index (χ2v) is 4.60. The fourth-order valence-electron chi connectivity index (χ4n) is 1.69. The van der Waals surface area contributed by atoms with Crippen LogP contribution in [0.1, 0.15) is 12.5 Å². The molecular weight excluding hydrogens is 280 g/mol. The number of carbonyl (C=O) groups excluding carboxylic acids is 2. The van der Waals surface area contributed by atoms with E-state index in [4.69, 9.17) is 5.26 Å². The Balaban J connectivity index is 2.31. The molecule has 0 unspecified atom stereocenters. The SMILES string of the molecule is CC(=O)NCCN/C=C(/C#N)C(=O)NCCc1ccccc1. The largest absolute Gasteiger partial charge is 0.388 e. The molecule has 0 aliphatic carbocycles. The van der Waals surface area contributed by atoms with Crippen molar-refractivity contribution in [1.29, 1.82) is 5.26 Å². The Bertz CT molecular complexity index is 561. The van der Waals surface area contributed by atoms with Crippen LogP contribution in [0.15, 0.2) is 42.1 Å². The molecule has 0 aliphatic rings. The minimum absolute atomic E-state index is 0.0101. The van der Waals surface area contributed by atoms with Gasteiger partial charge in [-0.15, -0.1) is 0 Å². The molecule has 2 amide bonds. The summed E-state index contributed by atoms with van der Waals surface area (Å²) in [5.41, 5.74) is 1.13. The van der Waals surface area contributed by atoms with Gasteiger partial charge in [-0.2, -0.15) is 5.26 Å². The van der Waals surface area contributed by atoms with Gasteiger partial charge in [0, 0.05) is 32.8 Å². The molecule has 6 nitrogen and oxygen atoms in total. The number of rotatable bonds is 8. The average Bonchev–Trinajstić information content (AvgIpc) is 2.51. The van der Waals surface area contributed by atoms with Gasteiger partial charge in [0.2, 0.25) is 5.91 Å². The zero-order valence-electron chi connectivity index (χ0n) is 12.6. The number of nitrogens with zero attached hydrogens (tertiary/aromatic N) is 1. The van der Waals surface area contributed by atoms with Gasteiger partial charge in [0.15, 0.2) is 0 Å². The smallest absolute Gasteiger partial charge is 0.263 e. The van der Waals surface area contributed by atoms with Crippen LogP contribution < -0.4 is 16.0 Å². The molecule has 0 saturated carbocycles. The van der Waals surface area contributed by atoms with Crippen molar-refractivity contribution in [2.45, 2.75) is 13.3 Å². The maximum Gasteiger partial charge on any atom is 0.263 e. The molecule has 1 aromatic carbocycles. The minimum Gasteiger partial charge on any atom is -0.388 e. The van der Waals surface area contributed by atoms with E-state index in [-0.39, 0.29) is 11.5 Å². The van der Waals surface area contributed by atoms with E-state index in [1.165, 1.54) is 13.1 Å². The first kappa shape index (κ1) is 17.2. The molecule has 1 rings (SSSR count). The van der Waals surface area contributed by atoms with Gasteiger partial charge < -0.3 is 16.0 Å². The molecule has 116 valence electrons. The normalized spacial score (nSPS) is 10.5. The zero-order chi connectivity index (χ0) is 16.2. The summed E-state index contributed by atoms with van der Waals surface area (Å²) in [4.78, 5) is 22.5. The van der Waals surface area contributed by atoms with Gasteiger partial charge in [-0.05, 0) is 12.0 Å². The van der Waals surface area contributed by atoms with Crippen molar-refractivity contribution in [3.8, 4) is 6.07 Å². The topological polar surface area (TPSA) is 94.0 Å². The summed E-state index contributed by atoms with van der Waals surface area (Å²) in [6.07, 6.45) is 2.07. The lowest BCUT2D eigenvalue weighted by molar-refractivity contribution is -0.119. The zero-order valence-corrected chi connectivity index (χ0v) is 12.6. The molecule has 0 aromatic heterocycles. The second kappa shape index (κ2) is 10.00. The molecule has 0 radical (unpaired) electrons. The average molecular weight is 300 g/mol. The van der Waals surface area contributed by atoms with E-state index < -0.39 is 5.91 Å². The van der Waals surface area contributed by atoms with Gasteiger partial charge in [0.1, 0.15) is 11.6 Å². The summed E-state index contributed by atoms with van der Waals surface area (Å²) in [6.45, 7) is 2.77. The highest BCUT2D eigenvalue weighted by molar-refractivity contribution is 5.97. The first-order chi connectivity index (χ1) is 10.6. The first-order valence-corrected chi connectivity index (χ1v) is 7.03. The van der Waals surface area contributed by atoms with Crippen LogP contribution in [0.2, 0.25) is 0 Å². The summed E-state index contributed by atoms with van der Waals surface area (Å²) >= 11 is 0. The maximum atomic E-state index is 11.8. The Kier molecular flexibility index (Phi) is 7.83. The van der Waals surface area contributed by atoms with Crippen LogP contribution in [0.25, 0.3) is 0 Å². The molecule has 0 heterocycles. The second-order valence-electron chi connectivity index (χ2n) is 4.60. The summed E-state index contributed by atoms with van der Waals surface area (Å²) in [5.74, 6) is -0.532. The van der Waals surface area contributed by atoms with Crippen molar-refractivity contribution in [2.24, 2.45) is 0 Å². The monoisotopic (exact) mass is 300 g/mol. The first-order valence-electron chi connectivity index (χ1n) is 7.03. The predicted octanol–water partition coefficient (Wildman–Crippen LogP) is 0.478. The lowest BCUT2D eigenvalue weighted by atomic mass is 10.1. The van der Waals surface area contributed by atoms with Crippen molar-refractivity contribution in [2.75, 3.05) is 19.6 Å². The Morgan fingerprint density at radius 3 is 2.50 bits per heavy atom. The van der Waals surface area contributed by atoms with Gasteiger partial charge in [0.05, 0.1) is 0 Å². The van der Waals surface area contributed by atoms with E-state index in [2.05, 4.69) is 16.0 Å². The summed E-state index contributed by atoms with van der Waals surface area (Å²) < 4.78 is 0. The van der Waals surface area contributed by atoms with Crippen molar-refractivity contribution in [3.63, 3.8) is 0 Å².